The van der Waals surface area contributed by atoms with Crippen LogP contribution in [0.3, 0.4) is 0 Å². The summed E-state index contributed by atoms with van der Waals surface area (Å²) in [5, 5.41) is 8.32. The molecule has 2 N–H and O–H groups in total. The fourth-order valence-electron chi connectivity index (χ4n) is 2.59. The summed E-state index contributed by atoms with van der Waals surface area (Å²) in [6.07, 6.45) is 2.59. The minimum Gasteiger partial charge on any atom is -0.357 e. The first-order valence-electron chi connectivity index (χ1n) is 6.72. The highest BCUT2D eigenvalue weighted by atomic mass is 15.3. The van der Waals surface area contributed by atoms with E-state index in [0.29, 0.717) is 12.6 Å². The highest BCUT2D eigenvalue weighted by molar-refractivity contribution is 5.36. The van der Waals surface area contributed by atoms with Gasteiger partial charge in [0.25, 0.3) is 0 Å². The van der Waals surface area contributed by atoms with Gasteiger partial charge in [0.15, 0.2) is 5.82 Å². The lowest BCUT2D eigenvalue weighted by Gasteiger charge is -2.28. The Labute approximate surface area is 109 Å². The molecule has 0 saturated carbocycles. The van der Waals surface area contributed by atoms with Crippen LogP contribution >= 0.6 is 0 Å². The molecular weight excluding hydrogens is 226 g/mol. The van der Waals surface area contributed by atoms with Gasteiger partial charge in [-0.25, -0.2) is 0 Å². The summed E-state index contributed by atoms with van der Waals surface area (Å²) in [6.45, 7) is 6.06. The quantitative estimate of drug-likeness (QED) is 0.838. The van der Waals surface area contributed by atoms with Crippen LogP contribution in [0.2, 0.25) is 0 Å². The smallest absolute Gasteiger partial charge is 0.151 e. The molecule has 1 aromatic heterocycles. The largest absolute Gasteiger partial charge is 0.357 e. The number of hydrogen-bond donors (Lipinski definition) is 1. The van der Waals surface area contributed by atoms with Gasteiger partial charge >= 0.3 is 0 Å². The van der Waals surface area contributed by atoms with Crippen molar-refractivity contribution >= 4 is 5.82 Å². The molecule has 1 aliphatic rings. The van der Waals surface area contributed by atoms with Crippen LogP contribution in [0.1, 0.15) is 25.5 Å². The first-order chi connectivity index (χ1) is 8.74. The minimum atomic E-state index is 0.448. The summed E-state index contributed by atoms with van der Waals surface area (Å²) < 4.78 is 0. The third-order valence-corrected chi connectivity index (χ3v) is 3.70. The molecule has 100 valence electrons. The molecule has 1 saturated heterocycles. The summed E-state index contributed by atoms with van der Waals surface area (Å²) in [5.41, 5.74) is 6.36. The lowest BCUT2D eigenvalue weighted by molar-refractivity contribution is 0.270. The highest BCUT2D eigenvalue weighted by Gasteiger charge is 2.24. The van der Waals surface area contributed by atoms with E-state index in [1.54, 1.807) is 0 Å². The maximum absolute atomic E-state index is 5.52. The van der Waals surface area contributed by atoms with Gasteiger partial charge in [-0.15, -0.1) is 5.10 Å². The van der Waals surface area contributed by atoms with Gasteiger partial charge in [-0.2, -0.15) is 5.10 Å². The molecule has 5 heteroatoms. The summed E-state index contributed by atoms with van der Waals surface area (Å²) in [6, 6.07) is 4.60. The number of rotatable bonds is 5. The van der Waals surface area contributed by atoms with E-state index in [9.17, 15) is 0 Å². The van der Waals surface area contributed by atoms with Crippen LogP contribution in [-0.2, 0) is 6.54 Å². The van der Waals surface area contributed by atoms with Crippen molar-refractivity contribution < 1.29 is 0 Å². The number of hydrogen-bond acceptors (Lipinski definition) is 5. The summed E-state index contributed by atoms with van der Waals surface area (Å²) in [4.78, 5) is 4.73. The lowest BCUT2D eigenvalue weighted by atomic mass is 10.2. The van der Waals surface area contributed by atoms with Crippen LogP contribution in [0.15, 0.2) is 12.1 Å². The summed E-state index contributed by atoms with van der Waals surface area (Å²) in [7, 11) is 2.08. The summed E-state index contributed by atoms with van der Waals surface area (Å²) in [5.74, 6) is 0.926. The van der Waals surface area contributed by atoms with Crippen molar-refractivity contribution in [1.82, 2.24) is 15.1 Å². The van der Waals surface area contributed by atoms with E-state index in [2.05, 4.69) is 34.0 Å². The molecule has 0 spiro atoms. The van der Waals surface area contributed by atoms with Crippen molar-refractivity contribution in [2.75, 3.05) is 31.6 Å². The van der Waals surface area contributed by atoms with Crippen LogP contribution in [0.5, 0.6) is 0 Å². The van der Waals surface area contributed by atoms with Crippen molar-refractivity contribution in [3.63, 3.8) is 0 Å². The Balaban J connectivity index is 1.95. The molecule has 1 unspecified atom stereocenters. The Kier molecular flexibility index (Phi) is 4.49. The normalized spacial score (nSPS) is 20.3. The monoisotopic (exact) mass is 249 g/mol. The molecule has 2 heterocycles. The van der Waals surface area contributed by atoms with Gasteiger partial charge in [0.05, 0.1) is 5.69 Å². The molecule has 0 aliphatic carbocycles. The number of anilines is 1. The third kappa shape index (κ3) is 2.97. The number of likely N-dealkylation sites (tertiary alicyclic amines) is 1. The third-order valence-electron chi connectivity index (χ3n) is 3.70. The molecule has 5 nitrogen and oxygen atoms in total. The molecule has 0 amide bonds. The number of nitrogens with zero attached hydrogens (tertiary/aromatic N) is 4. The minimum absolute atomic E-state index is 0.448. The molecule has 2 rings (SSSR count). The number of aromatic nitrogens is 2. The molecule has 0 bridgehead atoms. The van der Waals surface area contributed by atoms with E-state index >= 15 is 0 Å². The molecule has 1 aromatic rings. The molecule has 1 aliphatic heterocycles. The van der Waals surface area contributed by atoms with Gasteiger partial charge in [-0.1, -0.05) is 6.92 Å². The molecule has 1 atom stereocenters. The Hall–Kier alpha value is -1.20. The Bertz CT molecular complexity index is 364. The maximum Gasteiger partial charge on any atom is 0.151 e. The van der Waals surface area contributed by atoms with Gasteiger partial charge < -0.3 is 10.6 Å². The topological polar surface area (TPSA) is 58.3 Å². The second-order valence-corrected chi connectivity index (χ2v) is 4.89. The van der Waals surface area contributed by atoms with E-state index in [1.165, 1.54) is 19.4 Å². The Morgan fingerprint density at radius 2 is 2.28 bits per heavy atom. The molecule has 0 aromatic carbocycles. The van der Waals surface area contributed by atoms with Crippen LogP contribution in [0, 0.1) is 0 Å². The zero-order chi connectivity index (χ0) is 13.0. The van der Waals surface area contributed by atoms with Crippen molar-refractivity contribution in [1.29, 1.82) is 0 Å². The van der Waals surface area contributed by atoms with Gasteiger partial charge in [-0.05, 0) is 38.1 Å². The fourth-order valence-corrected chi connectivity index (χ4v) is 2.59. The maximum atomic E-state index is 5.52. The van der Waals surface area contributed by atoms with Gasteiger partial charge in [0.2, 0.25) is 0 Å². The van der Waals surface area contributed by atoms with Gasteiger partial charge in [0.1, 0.15) is 0 Å². The van der Waals surface area contributed by atoms with Crippen molar-refractivity contribution in [3.05, 3.63) is 17.8 Å². The van der Waals surface area contributed by atoms with Crippen LogP contribution in [0.25, 0.3) is 0 Å². The van der Waals surface area contributed by atoms with Crippen molar-refractivity contribution in [2.24, 2.45) is 5.73 Å². The molecule has 18 heavy (non-hydrogen) atoms. The SMILES string of the molecule is CCN1CCCC1CN(C)c1ccc(CN)nn1. The van der Waals surface area contributed by atoms with Crippen molar-refractivity contribution in [2.45, 2.75) is 32.4 Å². The van der Waals surface area contributed by atoms with Crippen molar-refractivity contribution in [3.8, 4) is 0 Å². The van der Waals surface area contributed by atoms with Crippen LogP contribution < -0.4 is 10.6 Å². The molecule has 0 radical (unpaired) electrons. The van der Waals surface area contributed by atoms with Crippen LogP contribution in [0.4, 0.5) is 5.82 Å². The predicted molar refractivity (Wildman–Crippen MR) is 73.5 cm³/mol. The Morgan fingerprint density at radius 1 is 1.44 bits per heavy atom. The molecule has 1 fully saturated rings. The van der Waals surface area contributed by atoms with Crippen LogP contribution in [-0.4, -0.2) is 47.8 Å². The van der Waals surface area contributed by atoms with E-state index in [4.69, 9.17) is 5.73 Å². The summed E-state index contributed by atoms with van der Waals surface area (Å²) >= 11 is 0. The molecular formula is C13H23N5. The zero-order valence-electron chi connectivity index (χ0n) is 11.3. The highest BCUT2D eigenvalue weighted by Crippen LogP contribution is 2.19. The number of likely N-dealkylation sites (N-methyl/N-ethyl adjacent to an activating group) is 2. The first-order valence-corrected chi connectivity index (χ1v) is 6.72. The zero-order valence-corrected chi connectivity index (χ0v) is 11.3. The predicted octanol–water partition coefficient (Wildman–Crippen LogP) is 0.856. The van der Waals surface area contributed by atoms with E-state index in [-0.39, 0.29) is 0 Å². The number of nitrogens with two attached hydrogens (primary N) is 1. The van der Waals surface area contributed by atoms with E-state index in [1.807, 2.05) is 12.1 Å². The van der Waals surface area contributed by atoms with Gasteiger partial charge in [0, 0.05) is 26.2 Å². The van der Waals surface area contributed by atoms with E-state index in [0.717, 1.165) is 24.6 Å². The van der Waals surface area contributed by atoms with E-state index < -0.39 is 0 Å². The average Bonchev–Trinajstić information content (AvgIpc) is 2.86. The fraction of sp³-hybridized carbons (Fsp3) is 0.692. The first kappa shape index (κ1) is 13.2. The lowest BCUT2D eigenvalue weighted by Crippen LogP contribution is -2.39. The second-order valence-electron chi connectivity index (χ2n) is 4.89. The average molecular weight is 249 g/mol. The Morgan fingerprint density at radius 3 is 2.89 bits per heavy atom. The van der Waals surface area contributed by atoms with Gasteiger partial charge in [-0.3, -0.25) is 4.90 Å². The standard InChI is InChI=1S/C13H23N5/c1-3-18-8-4-5-12(18)10-17(2)13-7-6-11(9-14)15-16-13/h6-7,12H,3-5,8-10,14H2,1-2H3. The second kappa shape index (κ2) is 6.11.